The normalized spacial score (nSPS) is 17.2. The van der Waals surface area contributed by atoms with Crippen molar-refractivity contribution in [2.24, 2.45) is 0 Å². The molecule has 1 N–H and O–H groups in total. The lowest BCUT2D eigenvalue weighted by molar-refractivity contribution is 0.0927. The second-order valence-corrected chi connectivity index (χ2v) is 6.73. The van der Waals surface area contributed by atoms with E-state index in [0.717, 1.165) is 22.0 Å². The summed E-state index contributed by atoms with van der Waals surface area (Å²) in [6, 6.07) is 9.70. The number of thiazole rings is 1. The molecule has 2 aromatic heterocycles. The third kappa shape index (κ3) is 2.12. The highest BCUT2D eigenvalue weighted by molar-refractivity contribution is 7.14. The highest BCUT2D eigenvalue weighted by Gasteiger charge is 2.30. The lowest BCUT2D eigenvalue weighted by Crippen LogP contribution is -2.44. The first-order valence-electron chi connectivity index (χ1n) is 6.85. The van der Waals surface area contributed by atoms with Crippen LogP contribution in [0.2, 0.25) is 0 Å². The number of hydrogen-bond acceptors (Lipinski definition) is 5. The van der Waals surface area contributed by atoms with Crippen molar-refractivity contribution in [3.8, 4) is 10.6 Å². The Bertz CT molecular complexity index is 826. The van der Waals surface area contributed by atoms with Gasteiger partial charge in [-0.1, -0.05) is 12.1 Å². The molecule has 110 valence electrons. The molecule has 0 unspecified atom stereocenters. The number of thiophene rings is 1. The van der Waals surface area contributed by atoms with Gasteiger partial charge in [0, 0.05) is 23.4 Å². The molecule has 3 aromatic rings. The Labute approximate surface area is 136 Å². The van der Waals surface area contributed by atoms with Crippen molar-refractivity contribution in [1.82, 2.24) is 10.3 Å². The number of anilines is 1. The minimum Gasteiger partial charge on any atom is -0.349 e. The number of carbonyl (C=O) groups excluding carboxylic acids is 1. The van der Waals surface area contributed by atoms with Gasteiger partial charge in [0.1, 0.15) is 11.2 Å². The Hall–Kier alpha value is -2.18. The molecule has 1 atom stereocenters. The van der Waals surface area contributed by atoms with E-state index < -0.39 is 0 Å². The fourth-order valence-corrected chi connectivity index (χ4v) is 4.16. The van der Waals surface area contributed by atoms with Crippen LogP contribution in [-0.2, 0) is 0 Å². The largest absolute Gasteiger partial charge is 0.349 e. The summed E-state index contributed by atoms with van der Waals surface area (Å²) in [5, 5.41) is 10.2. The second-order valence-electron chi connectivity index (χ2n) is 5.09. The number of nitrogens with zero attached hydrogens (tertiary/aromatic N) is 2. The van der Waals surface area contributed by atoms with Gasteiger partial charge < -0.3 is 10.2 Å². The lowest BCUT2D eigenvalue weighted by Gasteiger charge is -2.35. The Balaban J connectivity index is 1.71. The number of amides is 1. The average molecular weight is 327 g/mol. The van der Waals surface area contributed by atoms with Crippen LogP contribution in [0.5, 0.6) is 0 Å². The van der Waals surface area contributed by atoms with Gasteiger partial charge in [-0.05, 0) is 23.6 Å². The quantitative estimate of drug-likeness (QED) is 0.780. The number of aromatic nitrogens is 1. The van der Waals surface area contributed by atoms with Crippen molar-refractivity contribution < 1.29 is 4.79 Å². The van der Waals surface area contributed by atoms with E-state index in [0.29, 0.717) is 5.56 Å². The maximum Gasteiger partial charge on any atom is 0.255 e. The second kappa shape index (κ2) is 5.23. The SMILES string of the molecule is CN1c2ccccc2C(=O)N[C@H]1c1csc(-c2ccsc2)n1. The smallest absolute Gasteiger partial charge is 0.255 e. The average Bonchev–Trinajstić information content (AvgIpc) is 3.21. The number of fused-ring (bicyclic) bond motifs is 1. The summed E-state index contributed by atoms with van der Waals surface area (Å²) in [5.74, 6) is -0.0521. The van der Waals surface area contributed by atoms with Crippen molar-refractivity contribution in [3.05, 3.63) is 57.7 Å². The van der Waals surface area contributed by atoms with Crippen LogP contribution in [0, 0.1) is 0 Å². The van der Waals surface area contributed by atoms with Crippen molar-refractivity contribution in [3.63, 3.8) is 0 Å². The van der Waals surface area contributed by atoms with Gasteiger partial charge in [-0.15, -0.1) is 11.3 Å². The molecule has 1 aromatic carbocycles. The summed E-state index contributed by atoms with van der Waals surface area (Å²) in [5.41, 5.74) is 3.64. The van der Waals surface area contributed by atoms with Crippen LogP contribution < -0.4 is 10.2 Å². The molecule has 3 heterocycles. The third-order valence-corrected chi connectivity index (χ3v) is 5.35. The maximum atomic E-state index is 12.3. The minimum atomic E-state index is -0.231. The fourth-order valence-electron chi connectivity index (χ4n) is 2.61. The molecule has 1 aliphatic heterocycles. The van der Waals surface area contributed by atoms with Gasteiger partial charge in [0.25, 0.3) is 5.91 Å². The lowest BCUT2D eigenvalue weighted by atomic mass is 10.1. The highest BCUT2D eigenvalue weighted by Crippen LogP contribution is 2.34. The van der Waals surface area contributed by atoms with Crippen LogP contribution in [0.1, 0.15) is 22.2 Å². The van der Waals surface area contributed by atoms with Gasteiger partial charge in [0.05, 0.1) is 16.9 Å². The summed E-state index contributed by atoms with van der Waals surface area (Å²) in [4.78, 5) is 19.1. The zero-order chi connectivity index (χ0) is 15.1. The maximum absolute atomic E-state index is 12.3. The molecule has 4 rings (SSSR count). The van der Waals surface area contributed by atoms with Gasteiger partial charge in [-0.2, -0.15) is 11.3 Å². The molecule has 0 bridgehead atoms. The van der Waals surface area contributed by atoms with Crippen molar-refractivity contribution in [2.75, 3.05) is 11.9 Å². The van der Waals surface area contributed by atoms with Gasteiger partial charge in [-0.3, -0.25) is 4.79 Å². The number of benzene rings is 1. The van der Waals surface area contributed by atoms with Crippen LogP contribution in [-0.4, -0.2) is 17.9 Å². The number of para-hydroxylation sites is 1. The molecular weight excluding hydrogens is 314 g/mol. The summed E-state index contributed by atoms with van der Waals surface area (Å²) >= 11 is 3.26. The van der Waals surface area contributed by atoms with E-state index in [4.69, 9.17) is 4.98 Å². The molecule has 0 saturated carbocycles. The Morgan fingerprint density at radius 3 is 2.91 bits per heavy atom. The van der Waals surface area contributed by atoms with E-state index in [1.54, 1.807) is 22.7 Å². The summed E-state index contributed by atoms with van der Waals surface area (Å²) in [6.45, 7) is 0. The standard InChI is InChI=1S/C16H13N3OS2/c1-19-13-5-3-2-4-11(13)15(20)18-14(19)12-9-22-16(17-12)10-6-7-21-8-10/h2-9,14H,1H3,(H,18,20)/t14-/m1/s1. The predicted molar refractivity (Wildman–Crippen MR) is 90.5 cm³/mol. The zero-order valence-electron chi connectivity index (χ0n) is 11.8. The van der Waals surface area contributed by atoms with E-state index in [1.165, 1.54) is 0 Å². The Morgan fingerprint density at radius 1 is 1.23 bits per heavy atom. The molecule has 0 spiro atoms. The van der Waals surface area contributed by atoms with Gasteiger partial charge in [0.2, 0.25) is 0 Å². The number of rotatable bonds is 2. The van der Waals surface area contributed by atoms with E-state index in [-0.39, 0.29) is 12.1 Å². The first kappa shape index (κ1) is 13.5. The summed E-state index contributed by atoms with van der Waals surface area (Å²) in [7, 11) is 1.98. The predicted octanol–water partition coefficient (Wildman–Crippen LogP) is 3.75. The summed E-state index contributed by atoms with van der Waals surface area (Å²) < 4.78 is 0. The van der Waals surface area contributed by atoms with Gasteiger partial charge in [-0.25, -0.2) is 4.98 Å². The van der Waals surface area contributed by atoms with Gasteiger partial charge >= 0.3 is 0 Å². The van der Waals surface area contributed by atoms with Crippen LogP contribution in [0.4, 0.5) is 5.69 Å². The zero-order valence-corrected chi connectivity index (χ0v) is 13.4. The molecule has 0 saturated heterocycles. The van der Waals surface area contributed by atoms with E-state index >= 15 is 0 Å². The molecule has 0 fully saturated rings. The molecule has 6 heteroatoms. The molecule has 0 radical (unpaired) electrons. The fraction of sp³-hybridized carbons (Fsp3) is 0.125. The minimum absolute atomic E-state index is 0.0521. The number of carbonyl (C=O) groups is 1. The Morgan fingerprint density at radius 2 is 2.09 bits per heavy atom. The van der Waals surface area contributed by atoms with Crippen LogP contribution in [0.3, 0.4) is 0 Å². The van der Waals surface area contributed by atoms with Gasteiger partial charge in [0.15, 0.2) is 0 Å². The van der Waals surface area contributed by atoms with Crippen LogP contribution in [0.15, 0.2) is 46.5 Å². The first-order chi connectivity index (χ1) is 10.7. The van der Waals surface area contributed by atoms with Crippen molar-refractivity contribution >= 4 is 34.3 Å². The van der Waals surface area contributed by atoms with E-state index in [1.807, 2.05) is 42.1 Å². The Kier molecular flexibility index (Phi) is 3.20. The third-order valence-electron chi connectivity index (χ3n) is 3.75. The molecule has 1 amide bonds. The molecule has 0 aliphatic carbocycles. The first-order valence-corrected chi connectivity index (χ1v) is 8.67. The van der Waals surface area contributed by atoms with E-state index in [2.05, 4.69) is 21.7 Å². The van der Waals surface area contributed by atoms with Crippen LogP contribution in [0.25, 0.3) is 10.6 Å². The van der Waals surface area contributed by atoms with Crippen molar-refractivity contribution in [1.29, 1.82) is 0 Å². The summed E-state index contributed by atoms with van der Waals surface area (Å²) in [6.07, 6.45) is -0.231. The highest BCUT2D eigenvalue weighted by atomic mass is 32.1. The van der Waals surface area contributed by atoms with E-state index in [9.17, 15) is 4.79 Å². The molecule has 22 heavy (non-hydrogen) atoms. The topological polar surface area (TPSA) is 45.2 Å². The van der Waals surface area contributed by atoms with Crippen LogP contribution >= 0.6 is 22.7 Å². The molecule has 1 aliphatic rings. The number of hydrogen-bond donors (Lipinski definition) is 1. The number of nitrogens with one attached hydrogen (secondary N) is 1. The molecule has 4 nitrogen and oxygen atoms in total. The monoisotopic (exact) mass is 327 g/mol. The van der Waals surface area contributed by atoms with Crippen molar-refractivity contribution in [2.45, 2.75) is 6.17 Å². The molecular formula is C16H13N3OS2.